The lowest BCUT2D eigenvalue weighted by Gasteiger charge is -2.35. The molecule has 1 aliphatic rings. The van der Waals surface area contributed by atoms with Gasteiger partial charge in [0.1, 0.15) is 5.75 Å². The zero-order chi connectivity index (χ0) is 19.1. The summed E-state index contributed by atoms with van der Waals surface area (Å²) >= 11 is 0. The van der Waals surface area contributed by atoms with Gasteiger partial charge in [0.25, 0.3) is 0 Å². The summed E-state index contributed by atoms with van der Waals surface area (Å²) in [7, 11) is -3.55. The minimum atomic E-state index is -3.55. The van der Waals surface area contributed by atoms with Crippen LogP contribution in [0, 0.1) is 0 Å². The Labute approximate surface area is 161 Å². The first-order valence-electron chi connectivity index (χ1n) is 9.19. The molecule has 1 fully saturated rings. The van der Waals surface area contributed by atoms with E-state index in [9.17, 15) is 8.42 Å². The maximum absolute atomic E-state index is 12.6. The first-order chi connectivity index (χ1) is 13.1. The van der Waals surface area contributed by atoms with Crippen LogP contribution < -0.4 is 9.46 Å². The van der Waals surface area contributed by atoms with Gasteiger partial charge in [-0.3, -0.25) is 4.90 Å². The Morgan fingerprint density at radius 3 is 2.37 bits per heavy atom. The fourth-order valence-electron chi connectivity index (χ4n) is 3.17. The van der Waals surface area contributed by atoms with Crippen LogP contribution in [0.25, 0.3) is 0 Å². The smallest absolute Gasteiger partial charge is 0.240 e. The molecule has 1 heterocycles. The molecule has 2 aromatic rings. The summed E-state index contributed by atoms with van der Waals surface area (Å²) in [6, 6.07) is 16.2. The van der Waals surface area contributed by atoms with E-state index < -0.39 is 10.0 Å². The summed E-state index contributed by atoms with van der Waals surface area (Å²) in [5, 5.41) is 0. The number of morpholine rings is 1. The molecule has 1 atom stereocenters. The van der Waals surface area contributed by atoms with Crippen molar-refractivity contribution in [1.82, 2.24) is 9.62 Å². The quantitative estimate of drug-likeness (QED) is 0.750. The van der Waals surface area contributed by atoms with Crippen molar-refractivity contribution >= 4 is 10.0 Å². The number of sulfonamides is 1. The van der Waals surface area contributed by atoms with E-state index in [-0.39, 0.29) is 10.9 Å². The number of hydrogen-bond acceptors (Lipinski definition) is 5. The lowest BCUT2D eigenvalue weighted by atomic mass is 10.0. The van der Waals surface area contributed by atoms with Gasteiger partial charge in [-0.15, -0.1) is 0 Å². The highest BCUT2D eigenvalue weighted by molar-refractivity contribution is 7.89. The van der Waals surface area contributed by atoms with Crippen LogP contribution in [0.2, 0.25) is 0 Å². The van der Waals surface area contributed by atoms with Crippen LogP contribution in [0.3, 0.4) is 0 Å². The Kier molecular flexibility index (Phi) is 6.84. The third-order valence-electron chi connectivity index (χ3n) is 4.58. The molecule has 0 spiro atoms. The average molecular weight is 391 g/mol. The van der Waals surface area contributed by atoms with E-state index >= 15 is 0 Å². The van der Waals surface area contributed by atoms with Gasteiger partial charge in [-0.2, -0.15) is 0 Å². The number of nitrogens with zero attached hydrogens (tertiary/aromatic N) is 1. The van der Waals surface area contributed by atoms with Crippen molar-refractivity contribution in [2.75, 3.05) is 39.5 Å². The summed E-state index contributed by atoms with van der Waals surface area (Å²) < 4.78 is 39.0. The fourth-order valence-corrected chi connectivity index (χ4v) is 4.23. The van der Waals surface area contributed by atoms with Crippen LogP contribution in [0.4, 0.5) is 0 Å². The second kappa shape index (κ2) is 9.32. The zero-order valence-electron chi connectivity index (χ0n) is 15.5. The number of ether oxygens (including phenoxy) is 2. The molecule has 1 unspecified atom stereocenters. The summed E-state index contributed by atoms with van der Waals surface area (Å²) in [6.45, 7) is 5.70. The van der Waals surface area contributed by atoms with Crippen molar-refractivity contribution < 1.29 is 17.9 Å². The molecule has 0 radical (unpaired) electrons. The first-order valence-corrected chi connectivity index (χ1v) is 10.7. The molecular formula is C20H26N2O4S. The van der Waals surface area contributed by atoms with E-state index in [1.54, 1.807) is 30.3 Å². The van der Waals surface area contributed by atoms with E-state index in [2.05, 4.69) is 9.62 Å². The molecule has 3 rings (SSSR count). The summed E-state index contributed by atoms with van der Waals surface area (Å²) in [5.74, 6) is 0.812. The Balaban J connectivity index is 1.77. The van der Waals surface area contributed by atoms with Gasteiger partial charge in [0.15, 0.2) is 0 Å². The fraction of sp³-hybridized carbons (Fsp3) is 0.400. The second-order valence-electron chi connectivity index (χ2n) is 6.33. The predicted octanol–water partition coefficient (Wildman–Crippen LogP) is 2.44. The van der Waals surface area contributed by atoms with Crippen molar-refractivity contribution in [3.8, 4) is 5.75 Å². The molecule has 1 N–H and O–H groups in total. The standard InChI is InChI=1S/C20H26N2O4S/c1-2-26-18-10-8-17(9-11-18)20(22-12-14-25-15-13-22)16-21-27(23,24)19-6-4-3-5-7-19/h3-11,20-21H,2,12-16H2,1H3. The maximum atomic E-state index is 12.6. The summed E-state index contributed by atoms with van der Waals surface area (Å²) in [4.78, 5) is 2.53. The van der Waals surface area contributed by atoms with Crippen molar-refractivity contribution in [2.45, 2.75) is 17.9 Å². The molecule has 6 nitrogen and oxygen atoms in total. The van der Waals surface area contributed by atoms with Crippen LogP contribution in [0.1, 0.15) is 18.5 Å². The third-order valence-corrected chi connectivity index (χ3v) is 6.02. The summed E-state index contributed by atoms with van der Waals surface area (Å²) in [6.07, 6.45) is 0. The van der Waals surface area contributed by atoms with Gasteiger partial charge in [-0.05, 0) is 36.8 Å². The van der Waals surface area contributed by atoms with Gasteiger partial charge in [0, 0.05) is 25.7 Å². The first kappa shape index (κ1) is 19.8. The number of benzene rings is 2. The normalized spacial score (nSPS) is 16.8. The Morgan fingerprint density at radius 2 is 1.74 bits per heavy atom. The van der Waals surface area contributed by atoms with Crippen molar-refractivity contribution in [1.29, 1.82) is 0 Å². The Morgan fingerprint density at radius 1 is 1.07 bits per heavy atom. The van der Waals surface area contributed by atoms with Gasteiger partial charge >= 0.3 is 0 Å². The highest BCUT2D eigenvalue weighted by atomic mass is 32.2. The van der Waals surface area contributed by atoms with Gasteiger partial charge < -0.3 is 9.47 Å². The van der Waals surface area contributed by atoms with Gasteiger partial charge in [-0.25, -0.2) is 13.1 Å². The molecule has 0 aromatic heterocycles. The Bertz CT molecular complexity index is 804. The highest BCUT2D eigenvalue weighted by Crippen LogP contribution is 2.24. The minimum absolute atomic E-state index is 0.0666. The predicted molar refractivity (Wildman–Crippen MR) is 104 cm³/mol. The molecule has 1 aliphatic heterocycles. The van der Waals surface area contributed by atoms with Gasteiger partial charge in [0.2, 0.25) is 10.0 Å². The third kappa shape index (κ3) is 5.29. The topological polar surface area (TPSA) is 67.9 Å². The molecule has 0 bridgehead atoms. The van der Waals surface area contributed by atoms with E-state index in [0.717, 1.165) is 24.4 Å². The number of hydrogen-bond donors (Lipinski definition) is 1. The van der Waals surface area contributed by atoms with Crippen LogP contribution in [0.15, 0.2) is 59.5 Å². The molecular weight excluding hydrogens is 364 g/mol. The molecule has 0 amide bonds. The molecule has 27 heavy (non-hydrogen) atoms. The maximum Gasteiger partial charge on any atom is 0.240 e. The summed E-state index contributed by atoms with van der Waals surface area (Å²) in [5.41, 5.74) is 1.05. The zero-order valence-corrected chi connectivity index (χ0v) is 16.3. The molecule has 7 heteroatoms. The monoisotopic (exact) mass is 390 g/mol. The van der Waals surface area contributed by atoms with Crippen LogP contribution in [-0.2, 0) is 14.8 Å². The van der Waals surface area contributed by atoms with E-state index in [0.29, 0.717) is 26.4 Å². The lowest BCUT2D eigenvalue weighted by molar-refractivity contribution is 0.0172. The van der Waals surface area contributed by atoms with Crippen LogP contribution in [0.5, 0.6) is 5.75 Å². The molecule has 2 aromatic carbocycles. The largest absolute Gasteiger partial charge is 0.494 e. The van der Waals surface area contributed by atoms with E-state index in [4.69, 9.17) is 9.47 Å². The van der Waals surface area contributed by atoms with E-state index in [1.165, 1.54) is 0 Å². The molecule has 146 valence electrons. The number of rotatable bonds is 8. The molecule has 1 saturated heterocycles. The molecule has 0 aliphatic carbocycles. The molecule has 0 saturated carbocycles. The van der Waals surface area contributed by atoms with Crippen LogP contribution >= 0.6 is 0 Å². The lowest BCUT2D eigenvalue weighted by Crippen LogP contribution is -2.43. The van der Waals surface area contributed by atoms with Gasteiger partial charge in [-0.1, -0.05) is 30.3 Å². The van der Waals surface area contributed by atoms with Crippen LogP contribution in [-0.4, -0.2) is 52.8 Å². The Hall–Kier alpha value is -1.93. The highest BCUT2D eigenvalue weighted by Gasteiger charge is 2.25. The number of nitrogens with one attached hydrogen (secondary N) is 1. The van der Waals surface area contributed by atoms with Crippen molar-refractivity contribution in [3.05, 3.63) is 60.2 Å². The minimum Gasteiger partial charge on any atom is -0.494 e. The average Bonchev–Trinajstić information content (AvgIpc) is 2.71. The van der Waals surface area contributed by atoms with Gasteiger partial charge in [0.05, 0.1) is 24.7 Å². The SMILES string of the molecule is CCOc1ccc(C(CNS(=O)(=O)c2ccccc2)N2CCOCC2)cc1. The second-order valence-corrected chi connectivity index (χ2v) is 8.10. The van der Waals surface area contributed by atoms with Crippen molar-refractivity contribution in [3.63, 3.8) is 0 Å². The van der Waals surface area contributed by atoms with Crippen molar-refractivity contribution in [2.24, 2.45) is 0 Å². The van der Waals surface area contributed by atoms with E-state index in [1.807, 2.05) is 31.2 Å².